The molecule has 3 nitrogen and oxygen atoms in total. The molecule has 3 aromatic heterocycles. The molecule has 0 bridgehead atoms. The molecule has 0 aliphatic carbocycles. The van der Waals surface area contributed by atoms with Crippen molar-refractivity contribution in [3.05, 3.63) is 115 Å². The fourth-order valence-corrected chi connectivity index (χ4v) is 8.60. The second-order valence-electron chi connectivity index (χ2n) is 13.7. The number of para-hydroxylation sites is 4. The van der Waals surface area contributed by atoms with E-state index in [1.807, 2.05) is 0 Å². The van der Waals surface area contributed by atoms with Crippen LogP contribution >= 0.6 is 0 Å². The Morgan fingerprint density at radius 3 is 2.14 bits per heavy atom. The summed E-state index contributed by atoms with van der Waals surface area (Å²) in [5.41, 5.74) is 15.0. The van der Waals surface area contributed by atoms with Crippen LogP contribution in [-0.2, 0) is 5.41 Å². The van der Waals surface area contributed by atoms with Gasteiger partial charge in [0.25, 0.3) is 0 Å². The third-order valence-corrected chi connectivity index (χ3v) is 10.4. The molecule has 2 aliphatic rings. The van der Waals surface area contributed by atoms with Gasteiger partial charge in [-0.1, -0.05) is 99.6 Å². The molecule has 0 spiro atoms. The van der Waals surface area contributed by atoms with Crippen molar-refractivity contribution in [3.63, 3.8) is 0 Å². The minimum atomic E-state index is 0.00235. The first kappa shape index (κ1) is 23.3. The Bertz CT molecular complexity index is 2770. The lowest BCUT2D eigenvalue weighted by Gasteiger charge is -2.35. The number of aromatic nitrogens is 2. The Balaban J connectivity index is 1.48. The molecule has 0 unspecified atom stereocenters. The summed E-state index contributed by atoms with van der Waals surface area (Å²) in [6.07, 6.45) is 0. The van der Waals surface area contributed by atoms with Crippen LogP contribution in [0.5, 0.6) is 0 Å². The average Bonchev–Trinajstić information content (AvgIpc) is 3.69. The predicted octanol–water partition coefficient (Wildman–Crippen LogP) is 9.04. The molecule has 6 aromatic carbocycles. The van der Waals surface area contributed by atoms with Crippen LogP contribution in [0.1, 0.15) is 26.3 Å². The Labute approximate surface area is 254 Å². The van der Waals surface area contributed by atoms with Gasteiger partial charge in [0.1, 0.15) is 11.2 Å². The Kier molecular flexibility index (Phi) is 3.94. The van der Waals surface area contributed by atoms with Crippen molar-refractivity contribution < 1.29 is 4.42 Å². The van der Waals surface area contributed by atoms with E-state index in [4.69, 9.17) is 4.42 Å². The summed E-state index contributed by atoms with van der Waals surface area (Å²) in [6, 6.07) is 40.6. The molecule has 0 amide bonds. The van der Waals surface area contributed by atoms with Gasteiger partial charge in [0.2, 0.25) is 0 Å². The molecule has 11 rings (SSSR count). The molecule has 0 fully saturated rings. The SMILES string of the molecule is CC(C)(C)c1cc2c3c(c1)c1ccccc1n3-c1cc3oc4ccccc4c3c3c1B2n1c2ccccc2c2cccc-3c21. The average molecular weight is 562 g/mol. The summed E-state index contributed by atoms with van der Waals surface area (Å²) in [4.78, 5) is 0. The second kappa shape index (κ2) is 7.46. The standard InChI is InChI=1S/C40H27BN2O/c1-40(2,3)22-19-28-24-12-4-7-16-30(24)42-32-21-34-35(26-13-6-9-18-33(26)44-34)36-27-15-10-14-25-23-11-5-8-17-31(23)43(38(25)27)41(37(32)36)29(20-22)39(28)42/h4-21H,1-3H3. The highest BCUT2D eigenvalue weighted by Gasteiger charge is 2.43. The molecule has 4 heteroatoms. The van der Waals surface area contributed by atoms with Crippen molar-refractivity contribution in [2.75, 3.05) is 0 Å². The molecule has 0 radical (unpaired) electrons. The number of rotatable bonds is 0. The molecule has 0 N–H and O–H groups in total. The summed E-state index contributed by atoms with van der Waals surface area (Å²) < 4.78 is 11.9. The molecular formula is C40H27BN2O. The van der Waals surface area contributed by atoms with E-state index in [-0.39, 0.29) is 12.3 Å². The highest BCUT2D eigenvalue weighted by atomic mass is 16.3. The topological polar surface area (TPSA) is 23.0 Å². The van der Waals surface area contributed by atoms with Gasteiger partial charge in [0.15, 0.2) is 0 Å². The number of hydrogen-bond donors (Lipinski definition) is 0. The highest BCUT2D eigenvalue weighted by Crippen LogP contribution is 2.47. The van der Waals surface area contributed by atoms with E-state index < -0.39 is 0 Å². The van der Waals surface area contributed by atoms with Crippen LogP contribution in [0.15, 0.2) is 114 Å². The molecule has 0 saturated carbocycles. The fourth-order valence-electron chi connectivity index (χ4n) is 8.60. The van der Waals surface area contributed by atoms with E-state index in [2.05, 4.69) is 139 Å². The van der Waals surface area contributed by atoms with Gasteiger partial charge in [0.05, 0.1) is 11.0 Å². The summed E-state index contributed by atoms with van der Waals surface area (Å²) in [5.74, 6) is 0. The minimum Gasteiger partial charge on any atom is -0.456 e. The van der Waals surface area contributed by atoms with E-state index in [9.17, 15) is 0 Å². The van der Waals surface area contributed by atoms with E-state index in [0.29, 0.717) is 0 Å². The van der Waals surface area contributed by atoms with Crippen LogP contribution < -0.4 is 10.9 Å². The molecule has 44 heavy (non-hydrogen) atoms. The van der Waals surface area contributed by atoms with Gasteiger partial charge < -0.3 is 13.5 Å². The monoisotopic (exact) mass is 562 g/mol. The number of fused-ring (bicyclic) bond motifs is 14. The maximum absolute atomic E-state index is 6.68. The molecule has 0 atom stereocenters. The molecule has 2 aliphatic heterocycles. The molecular weight excluding hydrogens is 535 g/mol. The van der Waals surface area contributed by atoms with Crippen LogP contribution in [0.25, 0.3) is 82.4 Å². The van der Waals surface area contributed by atoms with Gasteiger partial charge in [-0.3, -0.25) is 0 Å². The Morgan fingerprint density at radius 1 is 0.614 bits per heavy atom. The highest BCUT2D eigenvalue weighted by molar-refractivity contribution is 6.90. The third-order valence-electron chi connectivity index (χ3n) is 10.4. The van der Waals surface area contributed by atoms with E-state index in [1.54, 1.807) is 0 Å². The quantitative estimate of drug-likeness (QED) is 0.169. The van der Waals surface area contributed by atoms with Crippen molar-refractivity contribution in [1.82, 2.24) is 9.05 Å². The zero-order chi connectivity index (χ0) is 29.1. The first-order valence-corrected chi connectivity index (χ1v) is 15.6. The fraction of sp³-hybridized carbons (Fsp3) is 0.100. The first-order valence-electron chi connectivity index (χ1n) is 15.6. The molecule has 206 valence electrons. The van der Waals surface area contributed by atoms with Gasteiger partial charge in [-0.05, 0) is 51.7 Å². The van der Waals surface area contributed by atoms with Crippen molar-refractivity contribution in [1.29, 1.82) is 0 Å². The maximum atomic E-state index is 6.68. The number of hydrogen-bond acceptors (Lipinski definition) is 1. The summed E-state index contributed by atoms with van der Waals surface area (Å²) >= 11 is 0. The van der Waals surface area contributed by atoms with E-state index >= 15 is 0 Å². The molecule has 5 heterocycles. The zero-order valence-electron chi connectivity index (χ0n) is 24.8. The number of furan rings is 1. The van der Waals surface area contributed by atoms with E-state index in [0.717, 1.165) is 11.2 Å². The van der Waals surface area contributed by atoms with Crippen molar-refractivity contribution in [3.8, 4) is 16.8 Å². The van der Waals surface area contributed by atoms with Gasteiger partial charge in [-0.2, -0.15) is 0 Å². The summed E-state index contributed by atoms with van der Waals surface area (Å²) in [7, 11) is 0. The largest absolute Gasteiger partial charge is 0.456 e. The van der Waals surface area contributed by atoms with Gasteiger partial charge in [0, 0.05) is 60.7 Å². The van der Waals surface area contributed by atoms with Crippen LogP contribution in [-0.4, -0.2) is 15.9 Å². The maximum Gasteiger partial charge on any atom is 0.333 e. The van der Waals surface area contributed by atoms with Crippen molar-refractivity contribution in [2.24, 2.45) is 0 Å². The lowest BCUT2D eigenvalue weighted by molar-refractivity contribution is 0.591. The number of nitrogens with zero attached hydrogens (tertiary/aromatic N) is 2. The van der Waals surface area contributed by atoms with Crippen LogP contribution in [0.3, 0.4) is 0 Å². The molecule has 0 saturated heterocycles. The Hall–Kier alpha value is -5.22. The minimum absolute atomic E-state index is 0.00235. The summed E-state index contributed by atoms with van der Waals surface area (Å²) in [6.45, 7) is 7.03. The van der Waals surface area contributed by atoms with E-state index in [1.165, 1.54) is 87.7 Å². The van der Waals surface area contributed by atoms with Crippen molar-refractivity contribution in [2.45, 2.75) is 26.2 Å². The van der Waals surface area contributed by atoms with Gasteiger partial charge in [-0.25, -0.2) is 0 Å². The third kappa shape index (κ3) is 2.55. The van der Waals surface area contributed by atoms with Crippen LogP contribution in [0, 0.1) is 0 Å². The number of benzene rings is 6. The smallest absolute Gasteiger partial charge is 0.333 e. The van der Waals surface area contributed by atoms with Gasteiger partial charge in [-0.15, -0.1) is 0 Å². The van der Waals surface area contributed by atoms with Crippen molar-refractivity contribution >= 4 is 83.3 Å². The van der Waals surface area contributed by atoms with Crippen LogP contribution in [0.2, 0.25) is 0 Å². The second-order valence-corrected chi connectivity index (χ2v) is 13.7. The lowest BCUT2D eigenvalue weighted by Crippen LogP contribution is -2.55. The summed E-state index contributed by atoms with van der Waals surface area (Å²) in [5, 5.41) is 7.64. The Morgan fingerprint density at radius 2 is 1.32 bits per heavy atom. The zero-order valence-corrected chi connectivity index (χ0v) is 24.8. The predicted molar refractivity (Wildman–Crippen MR) is 186 cm³/mol. The normalized spacial score (nSPS) is 13.8. The van der Waals surface area contributed by atoms with Gasteiger partial charge >= 0.3 is 6.85 Å². The lowest BCUT2D eigenvalue weighted by atomic mass is 9.45. The first-order chi connectivity index (χ1) is 21.5. The molecule has 9 aromatic rings. The van der Waals surface area contributed by atoms with Crippen LogP contribution in [0.4, 0.5) is 0 Å².